The first-order valence-corrected chi connectivity index (χ1v) is 4.20. The molecule has 0 amide bonds. The monoisotopic (exact) mass is 185 g/mol. The van der Waals surface area contributed by atoms with Crippen LogP contribution in [0.4, 0.5) is 0 Å². The van der Waals surface area contributed by atoms with Gasteiger partial charge in [0.25, 0.3) is 0 Å². The van der Waals surface area contributed by atoms with Crippen LogP contribution in [0.5, 0.6) is 11.6 Å². The Labute approximate surface area is 82.4 Å². The zero-order valence-corrected chi connectivity index (χ0v) is 7.55. The van der Waals surface area contributed by atoms with E-state index in [0.29, 0.717) is 5.88 Å². The van der Waals surface area contributed by atoms with E-state index in [1.807, 2.05) is 24.3 Å². The van der Waals surface area contributed by atoms with Crippen molar-refractivity contribution >= 4 is 0 Å². The molecule has 69 valence electrons. The maximum atomic E-state index is 5.45. The van der Waals surface area contributed by atoms with Crippen molar-refractivity contribution in [3.8, 4) is 11.6 Å². The second-order valence-corrected chi connectivity index (χ2v) is 2.79. The summed E-state index contributed by atoms with van der Waals surface area (Å²) in [6.45, 7) is 3.81. The van der Waals surface area contributed by atoms with Gasteiger partial charge < -0.3 is 4.74 Å². The predicted octanol–water partition coefficient (Wildman–Crippen LogP) is 2.45. The molecule has 2 aromatic rings. The van der Waals surface area contributed by atoms with Crippen molar-refractivity contribution in [3.05, 3.63) is 55.3 Å². The van der Waals surface area contributed by atoms with Gasteiger partial charge in [-0.05, 0) is 24.6 Å². The Morgan fingerprint density at radius 1 is 1.21 bits per heavy atom. The van der Waals surface area contributed by atoms with Crippen molar-refractivity contribution in [1.82, 2.24) is 9.97 Å². The lowest BCUT2D eigenvalue weighted by Crippen LogP contribution is -1.88. The SMILES string of the molecule is [CH2]c1cccc(Oc2cnccn2)c1. The van der Waals surface area contributed by atoms with Gasteiger partial charge in [0.1, 0.15) is 5.75 Å². The summed E-state index contributed by atoms with van der Waals surface area (Å²) in [5, 5.41) is 0. The highest BCUT2D eigenvalue weighted by Crippen LogP contribution is 2.18. The summed E-state index contributed by atoms with van der Waals surface area (Å²) in [6, 6.07) is 7.48. The molecule has 0 bridgehead atoms. The minimum Gasteiger partial charge on any atom is -0.437 e. The van der Waals surface area contributed by atoms with Crippen molar-refractivity contribution < 1.29 is 4.74 Å². The Bertz CT molecular complexity index is 415. The summed E-state index contributed by atoms with van der Waals surface area (Å²) in [6.07, 6.45) is 4.75. The van der Waals surface area contributed by atoms with Crippen LogP contribution < -0.4 is 4.74 Å². The molecule has 0 aliphatic rings. The van der Waals surface area contributed by atoms with E-state index < -0.39 is 0 Å². The van der Waals surface area contributed by atoms with Crippen molar-refractivity contribution in [2.75, 3.05) is 0 Å². The first-order chi connectivity index (χ1) is 6.84. The van der Waals surface area contributed by atoms with Gasteiger partial charge >= 0.3 is 0 Å². The highest BCUT2D eigenvalue weighted by molar-refractivity contribution is 5.32. The maximum absolute atomic E-state index is 5.45. The smallest absolute Gasteiger partial charge is 0.237 e. The lowest BCUT2D eigenvalue weighted by Gasteiger charge is -2.03. The Hall–Kier alpha value is -1.90. The van der Waals surface area contributed by atoms with Gasteiger partial charge in [0.15, 0.2) is 0 Å². The molecule has 1 heterocycles. The predicted molar refractivity (Wildman–Crippen MR) is 53.0 cm³/mol. The lowest BCUT2D eigenvalue weighted by atomic mass is 10.2. The number of hydrogen-bond donors (Lipinski definition) is 0. The number of ether oxygens (including phenoxy) is 1. The van der Waals surface area contributed by atoms with Crippen LogP contribution in [0.3, 0.4) is 0 Å². The van der Waals surface area contributed by atoms with Crippen LogP contribution in [0.1, 0.15) is 5.56 Å². The van der Waals surface area contributed by atoms with Crippen LogP contribution in [0.25, 0.3) is 0 Å². The Balaban J connectivity index is 2.19. The molecule has 3 heteroatoms. The van der Waals surface area contributed by atoms with Gasteiger partial charge in [0.05, 0.1) is 6.20 Å². The number of rotatable bonds is 2. The van der Waals surface area contributed by atoms with E-state index in [9.17, 15) is 0 Å². The third kappa shape index (κ3) is 2.07. The van der Waals surface area contributed by atoms with Crippen LogP contribution in [0.2, 0.25) is 0 Å². The molecule has 0 N–H and O–H groups in total. The molecule has 1 aromatic heterocycles. The van der Waals surface area contributed by atoms with Crippen LogP contribution in [-0.4, -0.2) is 9.97 Å². The second-order valence-electron chi connectivity index (χ2n) is 2.79. The quantitative estimate of drug-likeness (QED) is 0.720. The first-order valence-electron chi connectivity index (χ1n) is 4.20. The molecule has 0 fully saturated rings. The third-order valence-corrected chi connectivity index (χ3v) is 1.66. The van der Waals surface area contributed by atoms with E-state index in [1.54, 1.807) is 18.6 Å². The molecule has 0 unspecified atom stereocenters. The van der Waals surface area contributed by atoms with Crippen LogP contribution >= 0.6 is 0 Å². The molecule has 1 aromatic carbocycles. The highest BCUT2D eigenvalue weighted by atomic mass is 16.5. The number of benzene rings is 1. The molecule has 14 heavy (non-hydrogen) atoms. The number of nitrogens with zero attached hydrogens (tertiary/aromatic N) is 2. The zero-order valence-electron chi connectivity index (χ0n) is 7.55. The zero-order chi connectivity index (χ0) is 9.80. The van der Waals surface area contributed by atoms with Gasteiger partial charge in [-0.2, -0.15) is 0 Å². The van der Waals surface area contributed by atoms with E-state index in [1.165, 1.54) is 0 Å². The third-order valence-electron chi connectivity index (χ3n) is 1.66. The van der Waals surface area contributed by atoms with Crippen molar-refractivity contribution in [2.24, 2.45) is 0 Å². The van der Waals surface area contributed by atoms with Gasteiger partial charge in [-0.25, -0.2) is 4.98 Å². The summed E-state index contributed by atoms with van der Waals surface area (Å²) in [4.78, 5) is 7.90. The Morgan fingerprint density at radius 3 is 2.86 bits per heavy atom. The molecular weight excluding hydrogens is 176 g/mol. The van der Waals surface area contributed by atoms with Gasteiger partial charge in [-0.15, -0.1) is 0 Å². The minimum absolute atomic E-state index is 0.484. The molecular formula is C11H9N2O. The van der Waals surface area contributed by atoms with Gasteiger partial charge in [-0.3, -0.25) is 4.98 Å². The standard InChI is InChI=1S/C11H9N2O/c1-9-3-2-4-10(7-9)14-11-8-12-5-6-13-11/h2-8H,1H2. The lowest BCUT2D eigenvalue weighted by molar-refractivity contribution is 0.460. The molecule has 3 nitrogen and oxygen atoms in total. The maximum Gasteiger partial charge on any atom is 0.237 e. The molecule has 0 saturated heterocycles. The summed E-state index contributed by atoms with van der Waals surface area (Å²) in [5.41, 5.74) is 0.909. The van der Waals surface area contributed by atoms with Crippen molar-refractivity contribution in [3.63, 3.8) is 0 Å². The number of aromatic nitrogens is 2. The van der Waals surface area contributed by atoms with Crippen molar-refractivity contribution in [2.45, 2.75) is 0 Å². The largest absolute Gasteiger partial charge is 0.437 e. The molecule has 0 aliphatic heterocycles. The van der Waals surface area contributed by atoms with Gasteiger partial charge in [0.2, 0.25) is 5.88 Å². The average Bonchev–Trinajstić information content (AvgIpc) is 2.19. The minimum atomic E-state index is 0.484. The molecule has 1 radical (unpaired) electrons. The second kappa shape index (κ2) is 3.87. The molecule has 0 saturated carbocycles. The highest BCUT2D eigenvalue weighted by Gasteiger charge is 1.96. The molecule has 0 aliphatic carbocycles. The summed E-state index contributed by atoms with van der Waals surface area (Å²) in [7, 11) is 0. The van der Waals surface area contributed by atoms with E-state index in [-0.39, 0.29) is 0 Å². The van der Waals surface area contributed by atoms with Crippen LogP contribution in [-0.2, 0) is 0 Å². The van der Waals surface area contributed by atoms with E-state index in [4.69, 9.17) is 4.74 Å². The summed E-state index contributed by atoms with van der Waals surface area (Å²) >= 11 is 0. The van der Waals surface area contributed by atoms with E-state index in [0.717, 1.165) is 11.3 Å². The van der Waals surface area contributed by atoms with Gasteiger partial charge in [-0.1, -0.05) is 12.1 Å². The van der Waals surface area contributed by atoms with Crippen LogP contribution in [0, 0.1) is 6.92 Å². The fraction of sp³-hybridized carbons (Fsp3) is 0. The van der Waals surface area contributed by atoms with E-state index >= 15 is 0 Å². The number of hydrogen-bond acceptors (Lipinski definition) is 3. The van der Waals surface area contributed by atoms with Crippen LogP contribution in [0.15, 0.2) is 42.9 Å². The Morgan fingerprint density at radius 2 is 2.14 bits per heavy atom. The topological polar surface area (TPSA) is 35.0 Å². The first kappa shape index (κ1) is 8.69. The molecule has 0 atom stereocenters. The molecule has 2 rings (SSSR count). The fourth-order valence-corrected chi connectivity index (χ4v) is 1.07. The normalized spacial score (nSPS) is 9.79. The average molecular weight is 185 g/mol. The van der Waals surface area contributed by atoms with Crippen molar-refractivity contribution in [1.29, 1.82) is 0 Å². The fourth-order valence-electron chi connectivity index (χ4n) is 1.07. The van der Waals surface area contributed by atoms with E-state index in [2.05, 4.69) is 16.9 Å². The Kier molecular flexibility index (Phi) is 2.40. The molecule has 0 spiro atoms. The van der Waals surface area contributed by atoms with Gasteiger partial charge in [0, 0.05) is 12.4 Å². The summed E-state index contributed by atoms with van der Waals surface area (Å²) in [5.74, 6) is 1.20. The summed E-state index contributed by atoms with van der Waals surface area (Å²) < 4.78 is 5.45.